The zero-order valence-corrected chi connectivity index (χ0v) is 19.4. The van der Waals surface area contributed by atoms with Crippen molar-refractivity contribution in [1.29, 1.82) is 0 Å². The zero-order chi connectivity index (χ0) is 23.5. The van der Waals surface area contributed by atoms with Crippen LogP contribution in [0.25, 0.3) is 22.6 Å². The lowest BCUT2D eigenvalue weighted by Crippen LogP contribution is -2.49. The Kier molecular flexibility index (Phi) is 6.54. The van der Waals surface area contributed by atoms with E-state index in [4.69, 9.17) is 14.7 Å². The lowest BCUT2D eigenvalue weighted by Gasteiger charge is -2.34. The minimum absolute atomic E-state index is 0.168. The standard InChI is InChI=1S/C23H30N8O3/c1-2-19(33)29-9-6-28(7-10-29)8-11-31-23-20(26-27-31)22(30-12-14-34-15-13-30)24-21(25-23)17-4-3-5-18(32)16-17/h3-5,16,32H,2,6-15H2,1H3. The van der Waals surface area contributed by atoms with Crippen molar-refractivity contribution in [3.05, 3.63) is 24.3 Å². The second kappa shape index (κ2) is 9.90. The summed E-state index contributed by atoms with van der Waals surface area (Å²) in [6, 6.07) is 6.96. The number of amides is 1. The van der Waals surface area contributed by atoms with Gasteiger partial charge in [0.15, 0.2) is 22.8 Å². The molecule has 4 heterocycles. The Labute approximate surface area is 197 Å². The van der Waals surface area contributed by atoms with Crippen molar-refractivity contribution in [3.63, 3.8) is 0 Å². The van der Waals surface area contributed by atoms with Crippen LogP contribution >= 0.6 is 0 Å². The molecule has 180 valence electrons. The molecule has 3 aromatic rings. The van der Waals surface area contributed by atoms with Gasteiger partial charge >= 0.3 is 0 Å². The van der Waals surface area contributed by atoms with E-state index >= 15 is 0 Å². The van der Waals surface area contributed by atoms with Crippen LogP contribution in [0.1, 0.15) is 13.3 Å². The number of fused-ring (bicyclic) bond motifs is 1. The maximum absolute atomic E-state index is 11.9. The molecule has 1 amide bonds. The first-order valence-corrected chi connectivity index (χ1v) is 11.9. The fourth-order valence-electron chi connectivity index (χ4n) is 4.44. The van der Waals surface area contributed by atoms with E-state index in [1.807, 2.05) is 22.6 Å². The van der Waals surface area contributed by atoms with Crippen LogP contribution in [0.3, 0.4) is 0 Å². The average molecular weight is 467 g/mol. The molecule has 0 spiro atoms. The highest BCUT2D eigenvalue weighted by molar-refractivity contribution is 5.85. The number of nitrogens with zero attached hydrogens (tertiary/aromatic N) is 8. The monoisotopic (exact) mass is 466 g/mol. The van der Waals surface area contributed by atoms with E-state index in [2.05, 4.69) is 20.1 Å². The summed E-state index contributed by atoms with van der Waals surface area (Å²) in [5, 5.41) is 18.8. The summed E-state index contributed by atoms with van der Waals surface area (Å²) in [4.78, 5) is 28.0. The molecular formula is C23H30N8O3. The van der Waals surface area contributed by atoms with Crippen molar-refractivity contribution in [2.45, 2.75) is 19.9 Å². The number of hydrogen-bond acceptors (Lipinski definition) is 9. The number of anilines is 1. The van der Waals surface area contributed by atoms with E-state index in [9.17, 15) is 9.90 Å². The number of aromatic nitrogens is 5. The van der Waals surface area contributed by atoms with Gasteiger partial charge in [0.2, 0.25) is 5.91 Å². The van der Waals surface area contributed by atoms with Gasteiger partial charge < -0.3 is 19.6 Å². The molecule has 0 aliphatic carbocycles. The Morgan fingerprint density at radius 2 is 1.85 bits per heavy atom. The Hall–Kier alpha value is -3.31. The van der Waals surface area contributed by atoms with Gasteiger partial charge in [-0.2, -0.15) is 0 Å². The molecule has 2 fully saturated rings. The predicted molar refractivity (Wildman–Crippen MR) is 127 cm³/mol. The second-order valence-corrected chi connectivity index (χ2v) is 8.58. The molecule has 5 rings (SSSR count). The Morgan fingerprint density at radius 1 is 1.06 bits per heavy atom. The third-order valence-corrected chi connectivity index (χ3v) is 6.41. The van der Waals surface area contributed by atoms with Crippen LogP contribution in [0.2, 0.25) is 0 Å². The number of carbonyl (C=O) groups excluding carboxylic acids is 1. The maximum atomic E-state index is 11.9. The normalized spacial score (nSPS) is 17.4. The number of aromatic hydroxyl groups is 1. The summed E-state index contributed by atoms with van der Waals surface area (Å²) >= 11 is 0. The third kappa shape index (κ3) is 4.66. The van der Waals surface area contributed by atoms with Gasteiger partial charge in [-0.25, -0.2) is 14.6 Å². The lowest BCUT2D eigenvalue weighted by atomic mass is 10.2. The van der Waals surface area contributed by atoms with E-state index in [0.29, 0.717) is 43.2 Å². The first-order valence-electron chi connectivity index (χ1n) is 11.9. The van der Waals surface area contributed by atoms with Crippen molar-refractivity contribution >= 4 is 22.9 Å². The largest absolute Gasteiger partial charge is 0.508 e. The van der Waals surface area contributed by atoms with Crippen LogP contribution in [0, 0.1) is 0 Å². The lowest BCUT2D eigenvalue weighted by molar-refractivity contribution is -0.132. The van der Waals surface area contributed by atoms with Gasteiger partial charge in [0.05, 0.1) is 19.8 Å². The Bertz CT molecular complexity index is 1150. The molecule has 11 nitrogen and oxygen atoms in total. The summed E-state index contributed by atoms with van der Waals surface area (Å²) < 4.78 is 7.35. The predicted octanol–water partition coefficient (Wildman–Crippen LogP) is 0.985. The molecule has 1 aromatic carbocycles. The van der Waals surface area contributed by atoms with Gasteiger partial charge in [0.25, 0.3) is 0 Å². The summed E-state index contributed by atoms with van der Waals surface area (Å²) in [6.45, 7) is 9.26. The number of morpholine rings is 1. The smallest absolute Gasteiger partial charge is 0.222 e. The third-order valence-electron chi connectivity index (χ3n) is 6.41. The number of benzene rings is 1. The molecular weight excluding hydrogens is 436 g/mol. The van der Waals surface area contributed by atoms with Crippen molar-refractivity contribution in [1.82, 2.24) is 34.8 Å². The molecule has 2 aliphatic heterocycles. The van der Waals surface area contributed by atoms with Crippen molar-refractivity contribution in [3.8, 4) is 17.1 Å². The number of phenols is 1. The first-order chi connectivity index (χ1) is 16.6. The zero-order valence-electron chi connectivity index (χ0n) is 19.4. The van der Waals surface area contributed by atoms with E-state index < -0.39 is 0 Å². The molecule has 1 N–H and O–H groups in total. The number of phenolic OH excluding ortho intramolecular Hbond substituents is 1. The van der Waals surface area contributed by atoms with Crippen molar-refractivity contribution in [2.24, 2.45) is 0 Å². The Morgan fingerprint density at radius 3 is 2.59 bits per heavy atom. The molecule has 2 saturated heterocycles. The van der Waals surface area contributed by atoms with Crippen LogP contribution in [0.5, 0.6) is 5.75 Å². The molecule has 11 heteroatoms. The summed E-state index contributed by atoms with van der Waals surface area (Å²) in [5.41, 5.74) is 2.08. The number of rotatable bonds is 6. The van der Waals surface area contributed by atoms with Gasteiger partial charge in [0, 0.05) is 57.8 Å². The SMILES string of the molecule is CCC(=O)N1CCN(CCn2nnc3c(N4CCOCC4)nc(-c4cccc(O)c4)nc32)CC1. The van der Waals surface area contributed by atoms with Crippen molar-refractivity contribution < 1.29 is 14.6 Å². The highest BCUT2D eigenvalue weighted by Crippen LogP contribution is 2.28. The van der Waals surface area contributed by atoms with Gasteiger partial charge in [-0.3, -0.25) is 9.69 Å². The quantitative estimate of drug-likeness (QED) is 0.568. The van der Waals surface area contributed by atoms with Gasteiger partial charge in [0.1, 0.15) is 5.75 Å². The topological polar surface area (TPSA) is 113 Å². The molecule has 0 radical (unpaired) electrons. The highest BCUT2D eigenvalue weighted by Gasteiger charge is 2.23. The van der Waals surface area contributed by atoms with E-state index in [1.54, 1.807) is 18.2 Å². The van der Waals surface area contributed by atoms with E-state index in [0.717, 1.165) is 57.2 Å². The number of hydrogen-bond donors (Lipinski definition) is 1. The van der Waals surface area contributed by atoms with Gasteiger partial charge in [-0.15, -0.1) is 5.10 Å². The van der Waals surface area contributed by atoms with E-state index in [1.165, 1.54) is 0 Å². The summed E-state index contributed by atoms with van der Waals surface area (Å²) in [5.74, 6) is 1.65. The molecule has 0 saturated carbocycles. The molecule has 0 atom stereocenters. The van der Waals surface area contributed by atoms with Gasteiger partial charge in [-0.05, 0) is 12.1 Å². The van der Waals surface area contributed by atoms with Crippen LogP contribution in [0.15, 0.2) is 24.3 Å². The fraction of sp³-hybridized carbons (Fsp3) is 0.522. The Balaban J connectivity index is 1.40. The number of piperazine rings is 1. The summed E-state index contributed by atoms with van der Waals surface area (Å²) in [7, 11) is 0. The minimum Gasteiger partial charge on any atom is -0.508 e. The molecule has 0 bridgehead atoms. The molecule has 0 unspecified atom stereocenters. The molecule has 2 aliphatic rings. The van der Waals surface area contributed by atoms with Crippen molar-refractivity contribution in [2.75, 3.05) is 63.9 Å². The number of ether oxygens (including phenoxy) is 1. The van der Waals surface area contributed by atoms with E-state index in [-0.39, 0.29) is 11.7 Å². The number of carbonyl (C=O) groups is 1. The summed E-state index contributed by atoms with van der Waals surface area (Å²) in [6.07, 6.45) is 0.553. The van der Waals surface area contributed by atoms with Crippen LogP contribution in [0.4, 0.5) is 5.82 Å². The molecule has 2 aromatic heterocycles. The highest BCUT2D eigenvalue weighted by atomic mass is 16.5. The first kappa shape index (κ1) is 22.5. The second-order valence-electron chi connectivity index (χ2n) is 8.58. The fourth-order valence-corrected chi connectivity index (χ4v) is 4.44. The van der Waals surface area contributed by atoms with Crippen LogP contribution in [-0.2, 0) is 16.1 Å². The van der Waals surface area contributed by atoms with Crippen LogP contribution < -0.4 is 4.90 Å². The molecule has 34 heavy (non-hydrogen) atoms. The average Bonchev–Trinajstić information content (AvgIpc) is 3.30. The van der Waals surface area contributed by atoms with Gasteiger partial charge in [-0.1, -0.05) is 24.3 Å². The maximum Gasteiger partial charge on any atom is 0.222 e. The minimum atomic E-state index is 0.168. The van der Waals surface area contributed by atoms with Crippen LogP contribution in [-0.4, -0.2) is 105 Å².